The number of rotatable bonds is 5. The minimum atomic E-state index is 0.116. The number of amides is 1. The maximum atomic E-state index is 11.3. The summed E-state index contributed by atoms with van der Waals surface area (Å²) in [6.45, 7) is 3.30. The van der Waals surface area contributed by atoms with Gasteiger partial charge in [-0.2, -0.15) is 0 Å². The van der Waals surface area contributed by atoms with E-state index in [1.807, 2.05) is 0 Å². The van der Waals surface area contributed by atoms with Crippen LogP contribution in [0.3, 0.4) is 0 Å². The standard InChI is InChI=1S/C11H16N2OS/c1-8-2-5-10(15-8)6-12-7-11(14)13-9-3-4-9/h2,5,9,12H,3-4,6-7H2,1H3,(H,13,14). The summed E-state index contributed by atoms with van der Waals surface area (Å²) in [6, 6.07) is 4.67. The average Bonchev–Trinajstić information content (AvgIpc) is 2.89. The fraction of sp³-hybridized carbons (Fsp3) is 0.545. The molecule has 0 atom stereocenters. The largest absolute Gasteiger partial charge is 0.352 e. The summed E-state index contributed by atoms with van der Waals surface area (Å²) in [7, 11) is 0. The van der Waals surface area contributed by atoms with E-state index in [0.717, 1.165) is 19.4 Å². The lowest BCUT2D eigenvalue weighted by atomic mass is 10.4. The predicted octanol–water partition coefficient (Wildman–Crippen LogP) is 1.42. The van der Waals surface area contributed by atoms with Crippen LogP contribution in [0.4, 0.5) is 0 Å². The van der Waals surface area contributed by atoms with E-state index in [1.54, 1.807) is 11.3 Å². The first kappa shape index (κ1) is 10.6. The second-order valence-corrected chi connectivity index (χ2v) is 5.33. The Bertz CT molecular complexity index is 344. The molecule has 0 bridgehead atoms. The first-order chi connectivity index (χ1) is 7.24. The fourth-order valence-electron chi connectivity index (χ4n) is 1.39. The van der Waals surface area contributed by atoms with Crippen molar-refractivity contribution in [3.05, 3.63) is 21.9 Å². The molecule has 2 rings (SSSR count). The lowest BCUT2D eigenvalue weighted by molar-refractivity contribution is -0.120. The predicted molar refractivity (Wildman–Crippen MR) is 61.9 cm³/mol. The lowest BCUT2D eigenvalue weighted by Crippen LogP contribution is -2.34. The fourth-order valence-corrected chi connectivity index (χ4v) is 2.25. The number of carbonyl (C=O) groups is 1. The minimum Gasteiger partial charge on any atom is -0.352 e. The Labute approximate surface area is 93.9 Å². The monoisotopic (exact) mass is 224 g/mol. The van der Waals surface area contributed by atoms with E-state index in [9.17, 15) is 4.79 Å². The molecule has 1 fully saturated rings. The van der Waals surface area contributed by atoms with Crippen LogP contribution in [-0.2, 0) is 11.3 Å². The maximum absolute atomic E-state index is 11.3. The van der Waals surface area contributed by atoms with Crippen LogP contribution in [0.2, 0.25) is 0 Å². The first-order valence-corrected chi connectivity index (χ1v) is 6.11. The van der Waals surface area contributed by atoms with Crippen molar-refractivity contribution < 1.29 is 4.79 Å². The molecular weight excluding hydrogens is 208 g/mol. The van der Waals surface area contributed by atoms with E-state index in [4.69, 9.17) is 0 Å². The van der Waals surface area contributed by atoms with Gasteiger partial charge in [-0.05, 0) is 31.9 Å². The topological polar surface area (TPSA) is 41.1 Å². The molecule has 3 nitrogen and oxygen atoms in total. The Morgan fingerprint density at radius 3 is 2.93 bits per heavy atom. The van der Waals surface area contributed by atoms with E-state index in [-0.39, 0.29) is 5.91 Å². The highest BCUT2D eigenvalue weighted by molar-refractivity contribution is 7.11. The maximum Gasteiger partial charge on any atom is 0.234 e. The molecule has 1 heterocycles. The van der Waals surface area contributed by atoms with E-state index in [2.05, 4.69) is 29.7 Å². The highest BCUT2D eigenvalue weighted by atomic mass is 32.1. The molecule has 0 unspecified atom stereocenters. The van der Waals surface area contributed by atoms with Crippen molar-refractivity contribution >= 4 is 17.2 Å². The zero-order chi connectivity index (χ0) is 10.7. The van der Waals surface area contributed by atoms with Crippen LogP contribution in [0.5, 0.6) is 0 Å². The molecule has 1 aliphatic carbocycles. The normalized spacial score (nSPS) is 15.3. The third-order valence-electron chi connectivity index (χ3n) is 2.32. The molecule has 0 saturated heterocycles. The third-order valence-corrected chi connectivity index (χ3v) is 3.32. The van der Waals surface area contributed by atoms with Gasteiger partial charge < -0.3 is 10.6 Å². The Hall–Kier alpha value is -0.870. The molecule has 0 aliphatic heterocycles. The number of carbonyl (C=O) groups excluding carboxylic acids is 1. The molecular formula is C11H16N2OS. The molecule has 2 N–H and O–H groups in total. The quantitative estimate of drug-likeness (QED) is 0.794. The van der Waals surface area contributed by atoms with Crippen LogP contribution >= 0.6 is 11.3 Å². The Balaban J connectivity index is 1.63. The molecule has 0 spiro atoms. The van der Waals surface area contributed by atoms with Crippen molar-refractivity contribution in [2.45, 2.75) is 32.4 Å². The summed E-state index contributed by atoms with van der Waals surface area (Å²) in [5.41, 5.74) is 0. The SMILES string of the molecule is Cc1ccc(CNCC(=O)NC2CC2)s1. The highest BCUT2D eigenvalue weighted by Crippen LogP contribution is 2.18. The molecule has 0 aromatic carbocycles. The van der Waals surface area contributed by atoms with Gasteiger partial charge in [-0.3, -0.25) is 4.79 Å². The number of nitrogens with one attached hydrogen (secondary N) is 2. The van der Waals surface area contributed by atoms with Crippen molar-refractivity contribution in [1.82, 2.24) is 10.6 Å². The van der Waals surface area contributed by atoms with Crippen molar-refractivity contribution in [2.75, 3.05) is 6.54 Å². The molecule has 1 aliphatic rings. The molecule has 1 aromatic heterocycles. The lowest BCUT2D eigenvalue weighted by Gasteiger charge is -2.03. The second-order valence-electron chi connectivity index (χ2n) is 3.96. The molecule has 0 radical (unpaired) electrons. The van der Waals surface area contributed by atoms with Crippen LogP contribution in [-0.4, -0.2) is 18.5 Å². The summed E-state index contributed by atoms with van der Waals surface area (Å²) < 4.78 is 0. The van der Waals surface area contributed by atoms with E-state index >= 15 is 0 Å². The van der Waals surface area contributed by atoms with Crippen LogP contribution < -0.4 is 10.6 Å². The van der Waals surface area contributed by atoms with Gasteiger partial charge in [0.1, 0.15) is 0 Å². The summed E-state index contributed by atoms with van der Waals surface area (Å²) in [6.07, 6.45) is 2.30. The van der Waals surface area contributed by atoms with Crippen LogP contribution in [0.15, 0.2) is 12.1 Å². The molecule has 1 aromatic rings. The smallest absolute Gasteiger partial charge is 0.234 e. The van der Waals surface area contributed by atoms with Gasteiger partial charge in [-0.15, -0.1) is 11.3 Å². The van der Waals surface area contributed by atoms with Gasteiger partial charge in [0, 0.05) is 22.3 Å². The summed E-state index contributed by atoms with van der Waals surface area (Å²) in [5.74, 6) is 0.116. The molecule has 82 valence electrons. The molecule has 1 saturated carbocycles. The number of hydrogen-bond donors (Lipinski definition) is 2. The second kappa shape index (κ2) is 4.77. The van der Waals surface area contributed by atoms with Crippen LogP contribution in [0.25, 0.3) is 0 Å². The van der Waals surface area contributed by atoms with Gasteiger partial charge in [-0.1, -0.05) is 0 Å². The summed E-state index contributed by atoms with van der Waals surface area (Å²) in [4.78, 5) is 13.9. The summed E-state index contributed by atoms with van der Waals surface area (Å²) in [5, 5.41) is 6.09. The van der Waals surface area contributed by atoms with E-state index in [1.165, 1.54) is 9.75 Å². The third kappa shape index (κ3) is 3.64. The average molecular weight is 224 g/mol. The van der Waals surface area contributed by atoms with Gasteiger partial charge in [0.25, 0.3) is 0 Å². The van der Waals surface area contributed by atoms with E-state index < -0.39 is 0 Å². The molecule has 15 heavy (non-hydrogen) atoms. The van der Waals surface area contributed by atoms with Crippen LogP contribution in [0.1, 0.15) is 22.6 Å². The van der Waals surface area contributed by atoms with Crippen molar-refractivity contribution in [3.8, 4) is 0 Å². The Morgan fingerprint density at radius 1 is 1.53 bits per heavy atom. The number of aryl methyl sites for hydroxylation is 1. The Kier molecular flexibility index (Phi) is 3.38. The van der Waals surface area contributed by atoms with Gasteiger partial charge in [0.15, 0.2) is 0 Å². The van der Waals surface area contributed by atoms with Gasteiger partial charge in [0.2, 0.25) is 5.91 Å². The highest BCUT2D eigenvalue weighted by Gasteiger charge is 2.22. The van der Waals surface area contributed by atoms with E-state index in [0.29, 0.717) is 12.6 Å². The first-order valence-electron chi connectivity index (χ1n) is 5.29. The van der Waals surface area contributed by atoms with Gasteiger partial charge in [0.05, 0.1) is 6.54 Å². The Morgan fingerprint density at radius 2 is 2.33 bits per heavy atom. The minimum absolute atomic E-state index is 0.116. The zero-order valence-electron chi connectivity index (χ0n) is 8.88. The van der Waals surface area contributed by atoms with Gasteiger partial charge in [-0.25, -0.2) is 0 Å². The molecule has 1 amide bonds. The summed E-state index contributed by atoms with van der Waals surface area (Å²) >= 11 is 1.77. The van der Waals surface area contributed by atoms with Crippen LogP contribution in [0, 0.1) is 6.92 Å². The number of hydrogen-bond acceptors (Lipinski definition) is 3. The molecule has 4 heteroatoms. The zero-order valence-corrected chi connectivity index (χ0v) is 9.69. The van der Waals surface area contributed by atoms with Gasteiger partial charge >= 0.3 is 0 Å². The van der Waals surface area contributed by atoms with Crippen molar-refractivity contribution in [1.29, 1.82) is 0 Å². The number of thiophene rings is 1. The van der Waals surface area contributed by atoms with Crippen molar-refractivity contribution in [3.63, 3.8) is 0 Å². The van der Waals surface area contributed by atoms with Crippen molar-refractivity contribution in [2.24, 2.45) is 0 Å².